The predicted molar refractivity (Wildman–Crippen MR) is 162 cm³/mol. The van der Waals surface area contributed by atoms with Crippen LogP contribution < -0.4 is 20.3 Å². The number of pyridine rings is 1. The van der Waals surface area contributed by atoms with E-state index in [9.17, 15) is 14.4 Å². The van der Waals surface area contributed by atoms with Gasteiger partial charge in [0.25, 0.3) is 5.91 Å². The molecule has 0 radical (unpaired) electrons. The molecule has 2 N–H and O–H groups in total. The number of carbonyl (C=O) groups excluding carboxylic acids is 3. The van der Waals surface area contributed by atoms with Gasteiger partial charge in [-0.3, -0.25) is 19.7 Å². The number of nitrogens with one attached hydrogen (secondary N) is 2. The smallest absolute Gasteiger partial charge is 0.254 e. The number of aromatic nitrogens is 1. The molecule has 1 aromatic heterocycles. The number of methoxy groups -OCH3 is 1. The fourth-order valence-electron chi connectivity index (χ4n) is 5.85. The number of nitrogens with zero attached hydrogens (tertiary/aromatic N) is 3. The van der Waals surface area contributed by atoms with Crippen molar-refractivity contribution in [3.05, 3.63) is 77.2 Å². The highest BCUT2D eigenvalue weighted by Crippen LogP contribution is 2.32. The number of amides is 3. The van der Waals surface area contributed by atoms with Gasteiger partial charge < -0.3 is 19.9 Å². The van der Waals surface area contributed by atoms with Crippen LogP contribution in [0.5, 0.6) is 5.75 Å². The first-order valence-corrected chi connectivity index (χ1v) is 14.8. The van der Waals surface area contributed by atoms with Crippen molar-refractivity contribution in [1.29, 1.82) is 0 Å². The van der Waals surface area contributed by atoms with Crippen LogP contribution in [-0.2, 0) is 22.7 Å². The van der Waals surface area contributed by atoms with E-state index in [1.165, 1.54) is 6.07 Å². The molecule has 2 aliphatic rings. The zero-order valence-electron chi connectivity index (χ0n) is 24.9. The second-order valence-electron chi connectivity index (χ2n) is 11.5. The van der Waals surface area contributed by atoms with Gasteiger partial charge in [-0.2, -0.15) is 0 Å². The van der Waals surface area contributed by atoms with Gasteiger partial charge in [0.1, 0.15) is 11.4 Å². The van der Waals surface area contributed by atoms with Crippen LogP contribution in [0.2, 0.25) is 0 Å². The SMILES string of the molecule is COc1cccc(-c2cnc(N3CCC(F)(CNCc4ccc5c(c4)CN(C(C)CCC(=O)NC=O)C5=O)CC3)c(F)c2)c1. The summed E-state index contributed by atoms with van der Waals surface area (Å²) in [6.07, 6.45) is 3.08. The Morgan fingerprint density at radius 2 is 1.95 bits per heavy atom. The van der Waals surface area contributed by atoms with Gasteiger partial charge in [0, 0.05) is 75.4 Å². The lowest BCUT2D eigenvalue weighted by molar-refractivity contribution is -0.125. The quantitative estimate of drug-likeness (QED) is 0.295. The lowest BCUT2D eigenvalue weighted by Crippen LogP contribution is -2.47. The number of alkyl halides is 1. The summed E-state index contributed by atoms with van der Waals surface area (Å²) in [4.78, 5) is 42.8. The summed E-state index contributed by atoms with van der Waals surface area (Å²) in [7, 11) is 1.58. The largest absolute Gasteiger partial charge is 0.497 e. The first-order chi connectivity index (χ1) is 21.2. The van der Waals surface area contributed by atoms with E-state index >= 15 is 8.78 Å². The summed E-state index contributed by atoms with van der Waals surface area (Å²) in [5, 5.41) is 5.34. The number of fused-ring (bicyclic) bond motifs is 1. The number of rotatable bonds is 12. The van der Waals surface area contributed by atoms with E-state index in [0.29, 0.717) is 55.9 Å². The highest BCUT2D eigenvalue weighted by molar-refractivity contribution is 5.98. The Hall–Kier alpha value is -4.38. The molecular formula is C33H37F2N5O4. The van der Waals surface area contributed by atoms with E-state index in [-0.39, 0.29) is 49.5 Å². The summed E-state index contributed by atoms with van der Waals surface area (Å²) in [6, 6.07) is 14.3. The van der Waals surface area contributed by atoms with Crippen LogP contribution in [0.15, 0.2) is 54.7 Å². The number of imide groups is 1. The molecule has 3 aromatic rings. The van der Waals surface area contributed by atoms with Crippen LogP contribution in [0.3, 0.4) is 0 Å². The number of benzene rings is 2. The molecule has 1 fully saturated rings. The monoisotopic (exact) mass is 605 g/mol. The summed E-state index contributed by atoms with van der Waals surface area (Å²) >= 11 is 0. The third-order valence-electron chi connectivity index (χ3n) is 8.50. The van der Waals surface area contributed by atoms with Crippen molar-refractivity contribution < 1.29 is 27.9 Å². The topological polar surface area (TPSA) is 104 Å². The Bertz CT molecular complexity index is 1530. The van der Waals surface area contributed by atoms with Gasteiger partial charge in [-0.15, -0.1) is 0 Å². The van der Waals surface area contributed by atoms with E-state index < -0.39 is 11.5 Å². The van der Waals surface area contributed by atoms with Crippen molar-refractivity contribution in [1.82, 2.24) is 20.5 Å². The highest BCUT2D eigenvalue weighted by atomic mass is 19.1. The van der Waals surface area contributed by atoms with Crippen LogP contribution in [0.25, 0.3) is 11.1 Å². The normalized spacial score (nSPS) is 16.4. The molecule has 44 heavy (non-hydrogen) atoms. The average Bonchev–Trinajstić information content (AvgIpc) is 3.36. The molecule has 0 bridgehead atoms. The van der Waals surface area contributed by atoms with Crippen LogP contribution in [0.1, 0.15) is 54.1 Å². The minimum Gasteiger partial charge on any atom is -0.497 e. The van der Waals surface area contributed by atoms with Crippen molar-refractivity contribution >= 4 is 24.0 Å². The van der Waals surface area contributed by atoms with Gasteiger partial charge in [0.15, 0.2) is 11.6 Å². The van der Waals surface area contributed by atoms with Gasteiger partial charge in [-0.05, 0) is 54.3 Å². The Labute approximate surface area is 255 Å². The standard InChI is InChI=1S/C33H37F2N5O4/c1-22(6-9-30(42)38-21-41)40-19-26-14-23(7-8-28(26)32(40)43)17-36-20-33(35)10-12-39(13-11-33)31-29(34)16-25(18-37-31)24-4-3-5-27(15-24)44-2/h3-5,7-8,14-16,18,21-22,36H,6,9-13,17,19-20H2,1-2H3,(H,38,41,42). The van der Waals surface area contributed by atoms with Crippen molar-refractivity contribution in [2.75, 3.05) is 31.6 Å². The van der Waals surface area contributed by atoms with Gasteiger partial charge in [0.05, 0.1) is 7.11 Å². The second-order valence-corrected chi connectivity index (χ2v) is 11.5. The number of ether oxygens (including phenoxy) is 1. The Morgan fingerprint density at radius 1 is 1.16 bits per heavy atom. The Morgan fingerprint density at radius 3 is 2.68 bits per heavy atom. The van der Waals surface area contributed by atoms with Crippen LogP contribution in [0, 0.1) is 5.82 Å². The fraction of sp³-hybridized carbons (Fsp3) is 0.394. The number of hydrogen-bond donors (Lipinski definition) is 2. The molecule has 232 valence electrons. The van der Waals surface area contributed by atoms with Gasteiger partial charge >= 0.3 is 0 Å². The minimum absolute atomic E-state index is 0.0851. The maximum atomic E-state index is 15.7. The lowest BCUT2D eigenvalue weighted by atomic mass is 9.93. The predicted octanol–water partition coefficient (Wildman–Crippen LogP) is 4.39. The van der Waals surface area contributed by atoms with Crippen molar-refractivity contribution in [3.63, 3.8) is 0 Å². The molecule has 9 nitrogen and oxygen atoms in total. The lowest BCUT2D eigenvalue weighted by Gasteiger charge is -2.37. The average molecular weight is 606 g/mol. The van der Waals surface area contributed by atoms with Gasteiger partial charge in [-0.25, -0.2) is 13.8 Å². The Kier molecular flexibility index (Phi) is 9.53. The molecule has 5 rings (SSSR count). The number of hydrogen-bond acceptors (Lipinski definition) is 7. The summed E-state index contributed by atoms with van der Waals surface area (Å²) in [5.74, 6) is 0.00545. The van der Waals surface area contributed by atoms with Gasteiger partial charge in [0.2, 0.25) is 12.3 Å². The molecule has 1 unspecified atom stereocenters. The van der Waals surface area contributed by atoms with Crippen molar-refractivity contribution in [2.24, 2.45) is 0 Å². The fourth-order valence-corrected chi connectivity index (χ4v) is 5.85. The van der Waals surface area contributed by atoms with E-state index in [1.54, 1.807) is 29.2 Å². The number of carbonyl (C=O) groups is 3. The molecule has 2 aromatic carbocycles. The molecule has 0 spiro atoms. The third-order valence-corrected chi connectivity index (χ3v) is 8.50. The molecule has 0 saturated carbocycles. The molecule has 3 amide bonds. The third kappa shape index (κ3) is 7.05. The zero-order valence-corrected chi connectivity index (χ0v) is 24.9. The summed E-state index contributed by atoms with van der Waals surface area (Å²) in [5.41, 5.74) is 2.49. The zero-order chi connectivity index (χ0) is 31.3. The first-order valence-electron chi connectivity index (χ1n) is 14.8. The van der Waals surface area contributed by atoms with E-state index in [4.69, 9.17) is 4.74 Å². The maximum absolute atomic E-state index is 15.7. The minimum atomic E-state index is -1.43. The molecule has 1 saturated heterocycles. The molecular weight excluding hydrogens is 568 g/mol. The van der Waals surface area contributed by atoms with Gasteiger partial charge in [-0.1, -0.05) is 24.3 Å². The molecule has 11 heteroatoms. The maximum Gasteiger partial charge on any atom is 0.254 e. The van der Waals surface area contributed by atoms with Crippen LogP contribution in [0.4, 0.5) is 14.6 Å². The molecule has 1 atom stereocenters. The first kappa shape index (κ1) is 31.1. The molecule has 0 aliphatic carbocycles. The van der Waals surface area contributed by atoms with Crippen molar-refractivity contribution in [3.8, 4) is 16.9 Å². The van der Waals surface area contributed by atoms with Crippen LogP contribution >= 0.6 is 0 Å². The number of halogens is 2. The van der Waals surface area contributed by atoms with Crippen molar-refractivity contribution in [2.45, 2.75) is 57.4 Å². The summed E-state index contributed by atoms with van der Waals surface area (Å²) in [6.45, 7) is 3.63. The number of anilines is 1. The second kappa shape index (κ2) is 13.5. The molecule has 2 aliphatic heterocycles. The van der Waals surface area contributed by atoms with E-state index in [0.717, 1.165) is 16.7 Å². The number of piperidine rings is 1. The summed E-state index contributed by atoms with van der Waals surface area (Å²) < 4.78 is 36.0. The van der Waals surface area contributed by atoms with E-state index in [2.05, 4.69) is 15.6 Å². The Balaban J connectivity index is 1.11. The van der Waals surface area contributed by atoms with Crippen LogP contribution in [-0.4, -0.2) is 66.6 Å². The highest BCUT2D eigenvalue weighted by Gasteiger charge is 2.35. The van der Waals surface area contributed by atoms with E-state index in [1.807, 2.05) is 43.3 Å². The molecule has 3 heterocycles.